The maximum Gasteiger partial charge on any atom is 0.224 e. The molecule has 0 saturated heterocycles. The standard InChI is InChI=1S/C12H15NO2/c1-3-4-12(14)13-9-10-5-7-11(15-2)8-6-10/h3,5-8H,1,4,9H2,2H3,(H,13,14). The highest BCUT2D eigenvalue weighted by molar-refractivity contribution is 5.77. The molecule has 3 nitrogen and oxygen atoms in total. The van der Waals surface area contributed by atoms with E-state index in [0.717, 1.165) is 11.3 Å². The maximum atomic E-state index is 11.1. The highest BCUT2D eigenvalue weighted by atomic mass is 16.5. The van der Waals surface area contributed by atoms with Crippen LogP contribution in [0.15, 0.2) is 36.9 Å². The lowest BCUT2D eigenvalue weighted by Crippen LogP contribution is -2.21. The van der Waals surface area contributed by atoms with E-state index in [2.05, 4.69) is 11.9 Å². The molecule has 1 aromatic carbocycles. The normalized spacial score (nSPS) is 9.40. The number of hydrogen-bond acceptors (Lipinski definition) is 2. The number of ether oxygens (including phenoxy) is 1. The van der Waals surface area contributed by atoms with Gasteiger partial charge < -0.3 is 10.1 Å². The van der Waals surface area contributed by atoms with Gasteiger partial charge in [0.15, 0.2) is 0 Å². The van der Waals surface area contributed by atoms with Gasteiger partial charge in [0.25, 0.3) is 0 Å². The number of nitrogens with one attached hydrogen (secondary N) is 1. The van der Waals surface area contributed by atoms with Crippen molar-refractivity contribution < 1.29 is 9.53 Å². The Morgan fingerprint density at radius 2 is 2.13 bits per heavy atom. The molecule has 0 spiro atoms. The fourth-order valence-electron chi connectivity index (χ4n) is 1.15. The first kappa shape index (κ1) is 11.3. The Morgan fingerprint density at radius 1 is 1.47 bits per heavy atom. The van der Waals surface area contributed by atoms with Gasteiger partial charge in [0.05, 0.1) is 7.11 Å². The largest absolute Gasteiger partial charge is 0.497 e. The summed E-state index contributed by atoms with van der Waals surface area (Å²) < 4.78 is 5.03. The number of benzene rings is 1. The lowest BCUT2D eigenvalue weighted by atomic mass is 10.2. The molecule has 15 heavy (non-hydrogen) atoms. The lowest BCUT2D eigenvalue weighted by molar-refractivity contribution is -0.120. The van der Waals surface area contributed by atoms with Crippen LogP contribution in [-0.4, -0.2) is 13.0 Å². The molecule has 0 atom stereocenters. The molecule has 0 unspecified atom stereocenters. The Labute approximate surface area is 89.8 Å². The minimum Gasteiger partial charge on any atom is -0.497 e. The Balaban J connectivity index is 2.43. The van der Waals surface area contributed by atoms with Gasteiger partial charge in [-0.25, -0.2) is 0 Å². The Bertz CT molecular complexity index is 330. The van der Waals surface area contributed by atoms with Gasteiger partial charge in [0, 0.05) is 13.0 Å². The molecule has 80 valence electrons. The van der Waals surface area contributed by atoms with E-state index in [1.165, 1.54) is 0 Å². The van der Waals surface area contributed by atoms with Crippen LogP contribution in [0.25, 0.3) is 0 Å². The minimum atomic E-state index is -0.0131. The van der Waals surface area contributed by atoms with Crippen molar-refractivity contribution in [1.29, 1.82) is 0 Å². The number of carbonyl (C=O) groups excluding carboxylic acids is 1. The predicted octanol–water partition coefficient (Wildman–Crippen LogP) is 1.89. The molecule has 0 heterocycles. The smallest absolute Gasteiger partial charge is 0.224 e. The van der Waals surface area contributed by atoms with E-state index in [4.69, 9.17) is 4.74 Å². The van der Waals surface area contributed by atoms with Crippen LogP contribution < -0.4 is 10.1 Å². The fourth-order valence-corrected chi connectivity index (χ4v) is 1.15. The van der Waals surface area contributed by atoms with Gasteiger partial charge >= 0.3 is 0 Å². The molecular weight excluding hydrogens is 190 g/mol. The van der Waals surface area contributed by atoms with E-state index in [0.29, 0.717) is 13.0 Å². The van der Waals surface area contributed by atoms with Gasteiger partial charge in [0.1, 0.15) is 5.75 Å². The zero-order valence-corrected chi connectivity index (χ0v) is 8.82. The predicted molar refractivity (Wildman–Crippen MR) is 59.7 cm³/mol. The van der Waals surface area contributed by atoms with Gasteiger partial charge in [-0.15, -0.1) is 6.58 Å². The van der Waals surface area contributed by atoms with Crippen LogP contribution in [0, 0.1) is 0 Å². The van der Waals surface area contributed by atoms with Crippen LogP contribution in [0.5, 0.6) is 5.75 Å². The fraction of sp³-hybridized carbons (Fsp3) is 0.250. The summed E-state index contributed by atoms with van der Waals surface area (Å²) in [6.45, 7) is 4.04. The SMILES string of the molecule is C=CCC(=O)NCc1ccc(OC)cc1. The van der Waals surface area contributed by atoms with Crippen LogP contribution in [0.4, 0.5) is 0 Å². The Morgan fingerprint density at radius 3 is 2.67 bits per heavy atom. The molecule has 1 amide bonds. The van der Waals surface area contributed by atoms with E-state index in [9.17, 15) is 4.79 Å². The van der Waals surface area contributed by atoms with Gasteiger partial charge in [-0.3, -0.25) is 4.79 Å². The monoisotopic (exact) mass is 205 g/mol. The molecule has 0 fully saturated rings. The van der Waals surface area contributed by atoms with Crippen LogP contribution in [0.3, 0.4) is 0 Å². The molecule has 0 aliphatic rings. The Kier molecular flexibility index (Phi) is 4.41. The van der Waals surface area contributed by atoms with Crippen LogP contribution in [0.1, 0.15) is 12.0 Å². The third-order valence-electron chi connectivity index (χ3n) is 1.98. The maximum absolute atomic E-state index is 11.1. The van der Waals surface area contributed by atoms with E-state index >= 15 is 0 Å². The molecule has 0 aliphatic heterocycles. The van der Waals surface area contributed by atoms with Crippen molar-refractivity contribution in [3.63, 3.8) is 0 Å². The van der Waals surface area contributed by atoms with Crippen LogP contribution in [-0.2, 0) is 11.3 Å². The molecule has 1 aromatic rings. The topological polar surface area (TPSA) is 38.3 Å². The van der Waals surface area contributed by atoms with E-state index in [-0.39, 0.29) is 5.91 Å². The zero-order chi connectivity index (χ0) is 11.1. The van der Waals surface area contributed by atoms with Gasteiger partial charge in [-0.05, 0) is 17.7 Å². The zero-order valence-electron chi connectivity index (χ0n) is 8.82. The van der Waals surface area contributed by atoms with Crippen molar-refractivity contribution in [2.75, 3.05) is 7.11 Å². The first-order valence-electron chi connectivity index (χ1n) is 4.77. The van der Waals surface area contributed by atoms with Crippen molar-refractivity contribution in [1.82, 2.24) is 5.32 Å². The summed E-state index contributed by atoms with van der Waals surface area (Å²) in [4.78, 5) is 11.1. The summed E-state index contributed by atoms with van der Waals surface area (Å²) >= 11 is 0. The summed E-state index contributed by atoms with van der Waals surface area (Å²) in [7, 11) is 1.63. The summed E-state index contributed by atoms with van der Waals surface area (Å²) in [5, 5.41) is 2.79. The number of rotatable bonds is 5. The van der Waals surface area contributed by atoms with Crippen LogP contribution >= 0.6 is 0 Å². The summed E-state index contributed by atoms with van der Waals surface area (Å²) in [6.07, 6.45) is 1.94. The Hall–Kier alpha value is -1.77. The molecule has 0 radical (unpaired) electrons. The van der Waals surface area contributed by atoms with Gasteiger partial charge in [0.2, 0.25) is 5.91 Å². The molecule has 0 bridgehead atoms. The van der Waals surface area contributed by atoms with E-state index < -0.39 is 0 Å². The van der Waals surface area contributed by atoms with Crippen molar-refractivity contribution >= 4 is 5.91 Å². The molecular formula is C12H15NO2. The molecule has 1 N–H and O–H groups in total. The van der Waals surface area contributed by atoms with E-state index in [1.807, 2.05) is 24.3 Å². The minimum absolute atomic E-state index is 0.0131. The van der Waals surface area contributed by atoms with Crippen molar-refractivity contribution in [3.8, 4) is 5.75 Å². The number of methoxy groups -OCH3 is 1. The summed E-state index contributed by atoms with van der Waals surface area (Å²) in [5.74, 6) is 0.803. The number of carbonyl (C=O) groups is 1. The second-order valence-electron chi connectivity index (χ2n) is 3.12. The second-order valence-corrected chi connectivity index (χ2v) is 3.12. The third kappa shape index (κ3) is 3.85. The average Bonchev–Trinajstić information content (AvgIpc) is 2.27. The second kappa shape index (κ2) is 5.86. The quantitative estimate of drug-likeness (QED) is 0.745. The lowest BCUT2D eigenvalue weighted by Gasteiger charge is -2.04. The molecule has 1 rings (SSSR count). The third-order valence-corrected chi connectivity index (χ3v) is 1.98. The molecule has 3 heteroatoms. The summed E-state index contributed by atoms with van der Waals surface area (Å²) in [5.41, 5.74) is 1.05. The highest BCUT2D eigenvalue weighted by Crippen LogP contribution is 2.10. The summed E-state index contributed by atoms with van der Waals surface area (Å²) in [6, 6.07) is 7.59. The van der Waals surface area contributed by atoms with E-state index in [1.54, 1.807) is 13.2 Å². The first-order valence-corrected chi connectivity index (χ1v) is 4.77. The average molecular weight is 205 g/mol. The highest BCUT2D eigenvalue weighted by Gasteiger charge is 1.98. The van der Waals surface area contributed by atoms with Crippen molar-refractivity contribution in [3.05, 3.63) is 42.5 Å². The molecule has 0 aliphatic carbocycles. The first-order chi connectivity index (χ1) is 7.26. The van der Waals surface area contributed by atoms with Crippen molar-refractivity contribution in [2.45, 2.75) is 13.0 Å². The molecule has 0 aromatic heterocycles. The van der Waals surface area contributed by atoms with Crippen molar-refractivity contribution in [2.24, 2.45) is 0 Å². The number of amides is 1. The van der Waals surface area contributed by atoms with Gasteiger partial charge in [-0.2, -0.15) is 0 Å². The van der Waals surface area contributed by atoms with Crippen LogP contribution in [0.2, 0.25) is 0 Å². The number of hydrogen-bond donors (Lipinski definition) is 1. The molecule has 0 saturated carbocycles. The van der Waals surface area contributed by atoms with Gasteiger partial charge in [-0.1, -0.05) is 18.2 Å².